The van der Waals surface area contributed by atoms with Gasteiger partial charge in [0, 0.05) is 37.3 Å². The molecule has 1 saturated carbocycles. The summed E-state index contributed by atoms with van der Waals surface area (Å²) in [6.45, 7) is 1.02. The zero-order valence-corrected chi connectivity index (χ0v) is 16.2. The number of carbonyl (C=O) groups is 3. The Balaban J connectivity index is 1.49. The van der Waals surface area contributed by atoms with E-state index in [0.717, 1.165) is 37.8 Å². The Kier molecular flexibility index (Phi) is 5.29. The number of fused-ring (bicyclic) bond motifs is 4. The molecule has 9 nitrogen and oxygen atoms in total. The number of carboxylic acid groups (broad SMARTS) is 1. The number of amides is 3. The van der Waals surface area contributed by atoms with Crippen LogP contribution in [0.15, 0.2) is 16.9 Å². The van der Waals surface area contributed by atoms with Crippen LogP contribution in [0.1, 0.15) is 50.1 Å². The predicted octanol–water partition coefficient (Wildman–Crippen LogP) is 1.33. The van der Waals surface area contributed by atoms with Crippen LogP contribution in [0.4, 0.5) is 10.5 Å². The average Bonchev–Trinajstić information content (AvgIpc) is 2.70. The molecule has 1 aromatic rings. The molecule has 2 fully saturated rings. The highest BCUT2D eigenvalue weighted by atomic mass is 16.4. The van der Waals surface area contributed by atoms with E-state index in [4.69, 9.17) is 5.11 Å². The third-order valence-electron chi connectivity index (χ3n) is 6.26. The highest BCUT2D eigenvalue weighted by Gasteiger charge is 2.38. The van der Waals surface area contributed by atoms with Gasteiger partial charge in [-0.2, -0.15) is 0 Å². The van der Waals surface area contributed by atoms with Crippen LogP contribution in [0.5, 0.6) is 0 Å². The molecule has 0 spiro atoms. The molecule has 0 aromatic carbocycles. The van der Waals surface area contributed by atoms with Crippen molar-refractivity contribution in [1.82, 2.24) is 14.8 Å². The molecule has 3 aliphatic rings. The number of aliphatic carboxylic acids is 1. The summed E-state index contributed by atoms with van der Waals surface area (Å²) in [6, 6.07) is 3.20. The van der Waals surface area contributed by atoms with Crippen LogP contribution in [0.2, 0.25) is 0 Å². The van der Waals surface area contributed by atoms with Gasteiger partial charge in [0.2, 0.25) is 0 Å². The van der Waals surface area contributed by atoms with E-state index in [2.05, 4.69) is 10.6 Å². The normalized spacial score (nSPS) is 23.8. The van der Waals surface area contributed by atoms with Gasteiger partial charge in [0.15, 0.2) is 0 Å². The minimum atomic E-state index is -1.45. The first kappa shape index (κ1) is 19.5. The number of hydrogen-bond donors (Lipinski definition) is 3. The van der Waals surface area contributed by atoms with E-state index >= 15 is 0 Å². The molecule has 2 aliphatic heterocycles. The number of likely N-dealkylation sites (tertiary alicyclic amines) is 1. The number of nitrogens with one attached hydrogen (secondary N) is 2. The van der Waals surface area contributed by atoms with E-state index in [1.807, 2.05) is 0 Å². The zero-order valence-electron chi connectivity index (χ0n) is 16.2. The molecule has 2 atom stereocenters. The van der Waals surface area contributed by atoms with Crippen LogP contribution >= 0.6 is 0 Å². The Labute approximate surface area is 168 Å². The summed E-state index contributed by atoms with van der Waals surface area (Å²) >= 11 is 0. The van der Waals surface area contributed by atoms with E-state index in [-0.39, 0.29) is 41.7 Å². The van der Waals surface area contributed by atoms with Gasteiger partial charge in [0.25, 0.3) is 5.56 Å². The number of nitrogens with zero attached hydrogens (tertiary/aromatic N) is 2. The molecule has 1 aromatic heterocycles. The molecule has 9 heteroatoms. The number of carbonyl (C=O) groups excluding carboxylic acids is 2. The highest BCUT2D eigenvalue weighted by Crippen LogP contribution is 2.35. The van der Waals surface area contributed by atoms with Crippen molar-refractivity contribution in [2.75, 3.05) is 18.4 Å². The molecule has 156 valence electrons. The van der Waals surface area contributed by atoms with E-state index in [1.54, 1.807) is 16.7 Å². The molecule has 3 N–H and O–H groups in total. The Morgan fingerprint density at radius 2 is 1.79 bits per heavy atom. The highest BCUT2D eigenvalue weighted by molar-refractivity contribution is 6.31. The summed E-state index contributed by atoms with van der Waals surface area (Å²) in [5.74, 6) is -2.41. The lowest BCUT2D eigenvalue weighted by Crippen LogP contribution is -2.51. The minimum Gasteiger partial charge on any atom is -0.474 e. The molecule has 0 radical (unpaired) electrons. The van der Waals surface area contributed by atoms with E-state index in [9.17, 15) is 19.2 Å². The van der Waals surface area contributed by atoms with Gasteiger partial charge in [0.05, 0.1) is 0 Å². The Hall–Kier alpha value is -2.84. The van der Waals surface area contributed by atoms with Crippen molar-refractivity contribution < 1.29 is 19.5 Å². The summed E-state index contributed by atoms with van der Waals surface area (Å²) in [7, 11) is 0. The maximum Gasteiger partial charge on any atom is 0.394 e. The minimum absolute atomic E-state index is 0.0218. The van der Waals surface area contributed by atoms with Crippen molar-refractivity contribution >= 4 is 23.6 Å². The third-order valence-corrected chi connectivity index (χ3v) is 6.26. The molecule has 3 amide bonds. The van der Waals surface area contributed by atoms with Crippen LogP contribution in [0.3, 0.4) is 0 Å². The van der Waals surface area contributed by atoms with Crippen molar-refractivity contribution in [3.8, 4) is 0 Å². The number of urea groups is 1. The fourth-order valence-electron chi connectivity index (χ4n) is 4.93. The molecule has 3 heterocycles. The molecule has 4 rings (SSSR count). The fraction of sp³-hybridized carbons (Fsp3) is 0.600. The van der Waals surface area contributed by atoms with Crippen molar-refractivity contribution in [2.24, 2.45) is 5.92 Å². The van der Waals surface area contributed by atoms with Crippen LogP contribution in [-0.4, -0.2) is 51.6 Å². The van der Waals surface area contributed by atoms with Gasteiger partial charge >= 0.3 is 17.9 Å². The lowest BCUT2D eigenvalue weighted by atomic mass is 9.83. The fourth-order valence-corrected chi connectivity index (χ4v) is 4.93. The van der Waals surface area contributed by atoms with Gasteiger partial charge < -0.3 is 25.2 Å². The van der Waals surface area contributed by atoms with Gasteiger partial charge in [-0.25, -0.2) is 9.59 Å². The average molecular weight is 402 g/mol. The summed E-state index contributed by atoms with van der Waals surface area (Å²) in [4.78, 5) is 49.5. The van der Waals surface area contributed by atoms with Gasteiger partial charge in [-0.1, -0.05) is 19.3 Å². The molecule has 29 heavy (non-hydrogen) atoms. The van der Waals surface area contributed by atoms with Crippen LogP contribution in [0, 0.1) is 5.92 Å². The first-order valence-corrected chi connectivity index (χ1v) is 10.3. The third kappa shape index (κ3) is 3.99. The maximum absolute atomic E-state index is 12.9. The second-order valence-corrected chi connectivity index (χ2v) is 8.33. The molecule has 0 unspecified atom stereocenters. The molecule has 1 aliphatic carbocycles. The number of rotatable bonds is 2. The summed E-state index contributed by atoms with van der Waals surface area (Å²) in [5.41, 5.74) is 0.766. The van der Waals surface area contributed by atoms with Crippen LogP contribution in [0.25, 0.3) is 0 Å². The van der Waals surface area contributed by atoms with Crippen molar-refractivity contribution in [3.63, 3.8) is 0 Å². The number of pyridine rings is 1. The SMILES string of the molecule is O=C(Nc1ccc2n(c1=O)C[C@H]1C[C@@H]2CN(C(=O)C(=O)O)C1)NC1CCCCC1. The number of anilines is 1. The number of piperidine rings is 1. The van der Waals surface area contributed by atoms with E-state index in [0.29, 0.717) is 13.1 Å². The topological polar surface area (TPSA) is 121 Å². The summed E-state index contributed by atoms with van der Waals surface area (Å²) in [5, 5.41) is 14.6. The van der Waals surface area contributed by atoms with Crippen molar-refractivity contribution in [1.29, 1.82) is 0 Å². The smallest absolute Gasteiger partial charge is 0.394 e. The molecular weight excluding hydrogens is 376 g/mol. The van der Waals surface area contributed by atoms with Crippen LogP contribution < -0.4 is 16.2 Å². The summed E-state index contributed by atoms with van der Waals surface area (Å²) < 4.78 is 1.66. The van der Waals surface area contributed by atoms with Crippen molar-refractivity contribution in [3.05, 3.63) is 28.2 Å². The Bertz CT molecular complexity index is 889. The van der Waals surface area contributed by atoms with Crippen molar-refractivity contribution in [2.45, 2.75) is 57.0 Å². The maximum atomic E-state index is 12.9. The Morgan fingerprint density at radius 1 is 1.03 bits per heavy atom. The largest absolute Gasteiger partial charge is 0.474 e. The van der Waals surface area contributed by atoms with Crippen LogP contribution in [-0.2, 0) is 16.1 Å². The standard InChI is InChI=1S/C20H26N4O5/c25-17-15(22-20(29)21-14-4-2-1-3-5-14)6-7-16-13-8-12(10-24(16)17)9-23(11-13)18(26)19(27)28/h6-7,12-14H,1-5,8-11H2,(H,27,28)(H2,21,22,29)/t12-,13+/m0/s1. The predicted molar refractivity (Wildman–Crippen MR) is 105 cm³/mol. The molecular formula is C20H26N4O5. The van der Waals surface area contributed by atoms with Gasteiger partial charge in [-0.15, -0.1) is 0 Å². The summed E-state index contributed by atoms with van der Waals surface area (Å²) in [6.07, 6.45) is 6.16. The number of aromatic nitrogens is 1. The second-order valence-electron chi connectivity index (χ2n) is 8.33. The quantitative estimate of drug-likeness (QED) is 0.645. The number of carboxylic acids is 1. The lowest BCUT2D eigenvalue weighted by molar-refractivity contribution is -0.157. The van der Waals surface area contributed by atoms with Gasteiger partial charge in [-0.05, 0) is 37.3 Å². The van der Waals surface area contributed by atoms with Gasteiger partial charge in [-0.3, -0.25) is 9.59 Å². The monoisotopic (exact) mass is 402 g/mol. The number of hydrogen-bond acceptors (Lipinski definition) is 4. The molecule has 1 saturated heterocycles. The second kappa shape index (κ2) is 7.88. The van der Waals surface area contributed by atoms with E-state index in [1.165, 1.54) is 11.3 Å². The first-order chi connectivity index (χ1) is 13.9. The first-order valence-electron chi connectivity index (χ1n) is 10.3. The van der Waals surface area contributed by atoms with E-state index < -0.39 is 11.9 Å². The lowest BCUT2D eigenvalue weighted by Gasteiger charge is -2.42. The Morgan fingerprint density at radius 3 is 2.52 bits per heavy atom. The van der Waals surface area contributed by atoms with Gasteiger partial charge in [0.1, 0.15) is 5.69 Å². The zero-order chi connectivity index (χ0) is 20.5. The molecule has 2 bridgehead atoms.